The van der Waals surface area contributed by atoms with Gasteiger partial charge in [-0.05, 0) is 54.1 Å². The van der Waals surface area contributed by atoms with Crippen molar-refractivity contribution in [2.24, 2.45) is 5.92 Å². The lowest BCUT2D eigenvalue weighted by molar-refractivity contribution is -0.120. The van der Waals surface area contributed by atoms with E-state index in [4.69, 9.17) is 4.74 Å². The number of hydrogen-bond donors (Lipinski definition) is 0. The van der Waals surface area contributed by atoms with Crippen LogP contribution in [0.5, 0.6) is 0 Å². The number of fused-ring (bicyclic) bond motifs is 3. The maximum atomic E-state index is 6.79. The summed E-state index contributed by atoms with van der Waals surface area (Å²) in [6, 6.07) is 31.4. The number of halogens is 1. The molecule has 0 amide bonds. The van der Waals surface area contributed by atoms with Crippen molar-refractivity contribution in [2.75, 3.05) is 13.1 Å². The van der Waals surface area contributed by atoms with Crippen molar-refractivity contribution < 1.29 is 4.74 Å². The van der Waals surface area contributed by atoms with Gasteiger partial charge in [0.1, 0.15) is 0 Å². The Hall–Kier alpha value is -1.69. The molecular weight excluding hydrogens is 493 g/mol. The van der Waals surface area contributed by atoms with Crippen LogP contribution in [0.4, 0.5) is 0 Å². The summed E-state index contributed by atoms with van der Waals surface area (Å²) in [7, 11) is 0. The molecule has 0 N–H and O–H groups in total. The molecule has 2 bridgehead atoms. The minimum absolute atomic E-state index is 0.260. The molecule has 160 valence electrons. The van der Waals surface area contributed by atoms with Crippen LogP contribution in [-0.2, 0) is 15.8 Å². The molecule has 2 unspecified atom stereocenters. The highest BCUT2D eigenvalue weighted by Gasteiger charge is 2.47. The second-order valence-corrected chi connectivity index (χ2v) is 9.66. The van der Waals surface area contributed by atoms with Crippen LogP contribution in [0, 0.1) is 5.92 Å². The number of benzene rings is 3. The highest BCUT2D eigenvalue weighted by atomic mass is 127. The number of nitrogens with zero attached hydrogens (tertiary/aromatic N) is 1. The summed E-state index contributed by atoms with van der Waals surface area (Å²) in [5, 5.41) is 0. The normalized spacial score (nSPS) is 25.1. The largest absolute Gasteiger partial charge is 0.372 e. The van der Waals surface area contributed by atoms with Crippen LogP contribution in [0.3, 0.4) is 0 Å². The Morgan fingerprint density at radius 2 is 1.42 bits per heavy atom. The first-order valence-electron chi connectivity index (χ1n) is 11.4. The molecule has 3 saturated heterocycles. The minimum Gasteiger partial charge on any atom is -0.372 e. The van der Waals surface area contributed by atoms with Crippen molar-refractivity contribution in [1.29, 1.82) is 0 Å². The molecule has 3 aliphatic rings. The minimum atomic E-state index is 0.260. The molecule has 0 aliphatic carbocycles. The molecule has 3 fully saturated rings. The fourth-order valence-electron chi connectivity index (χ4n) is 5.57. The maximum Gasteiger partial charge on any atom is 0.0773 e. The van der Waals surface area contributed by atoms with Gasteiger partial charge in [-0.15, -0.1) is 0 Å². The SMILES string of the molecule is ICc1cccc(COC2C3CCN(CC3)C2C(c2ccccc2)c2ccccc2)c1. The first-order chi connectivity index (χ1) is 15.3. The number of rotatable bonds is 7. The Bertz CT molecular complexity index is 929. The van der Waals surface area contributed by atoms with Gasteiger partial charge in [0, 0.05) is 16.4 Å². The molecule has 3 aliphatic heterocycles. The van der Waals surface area contributed by atoms with E-state index in [0.717, 1.165) is 4.43 Å². The van der Waals surface area contributed by atoms with Crippen molar-refractivity contribution in [3.05, 3.63) is 107 Å². The van der Waals surface area contributed by atoms with Crippen LogP contribution in [0.1, 0.15) is 41.0 Å². The van der Waals surface area contributed by atoms with E-state index >= 15 is 0 Å². The van der Waals surface area contributed by atoms with Crippen molar-refractivity contribution in [1.82, 2.24) is 4.90 Å². The molecule has 6 rings (SSSR count). The van der Waals surface area contributed by atoms with Crippen LogP contribution in [0.2, 0.25) is 0 Å². The summed E-state index contributed by atoms with van der Waals surface area (Å²) in [5.74, 6) is 0.980. The first kappa shape index (κ1) is 21.2. The third-order valence-electron chi connectivity index (χ3n) is 7.04. The van der Waals surface area contributed by atoms with Crippen LogP contribution in [0.15, 0.2) is 84.9 Å². The number of piperidine rings is 3. The second kappa shape index (κ2) is 9.85. The smallest absolute Gasteiger partial charge is 0.0773 e. The molecule has 2 atom stereocenters. The molecule has 3 heteroatoms. The third kappa shape index (κ3) is 4.59. The summed E-state index contributed by atoms with van der Waals surface area (Å²) in [6.45, 7) is 3.08. The molecule has 0 saturated carbocycles. The monoisotopic (exact) mass is 523 g/mol. The van der Waals surface area contributed by atoms with Crippen molar-refractivity contribution in [3.8, 4) is 0 Å². The van der Waals surface area contributed by atoms with Crippen molar-refractivity contribution >= 4 is 22.6 Å². The van der Waals surface area contributed by atoms with Gasteiger partial charge in [0.15, 0.2) is 0 Å². The lowest BCUT2D eigenvalue weighted by Gasteiger charge is -2.53. The molecule has 3 aromatic rings. The van der Waals surface area contributed by atoms with E-state index in [9.17, 15) is 0 Å². The Labute approximate surface area is 199 Å². The van der Waals surface area contributed by atoms with E-state index in [1.807, 2.05) is 0 Å². The quantitative estimate of drug-likeness (QED) is 0.261. The third-order valence-corrected chi connectivity index (χ3v) is 7.92. The van der Waals surface area contributed by atoms with Gasteiger partial charge < -0.3 is 4.74 Å². The van der Waals surface area contributed by atoms with Gasteiger partial charge in [0.2, 0.25) is 0 Å². The summed E-state index contributed by atoms with van der Waals surface area (Å²) >= 11 is 2.43. The number of hydrogen-bond acceptors (Lipinski definition) is 2. The van der Waals surface area contributed by atoms with Gasteiger partial charge in [0.25, 0.3) is 0 Å². The summed E-state index contributed by atoms with van der Waals surface area (Å²) in [6.07, 6.45) is 2.77. The lowest BCUT2D eigenvalue weighted by atomic mass is 9.72. The van der Waals surface area contributed by atoms with E-state index in [0.29, 0.717) is 24.5 Å². The summed E-state index contributed by atoms with van der Waals surface area (Å²) in [5.41, 5.74) is 5.46. The van der Waals surface area contributed by atoms with Gasteiger partial charge in [-0.2, -0.15) is 0 Å². The number of ether oxygens (including phenoxy) is 1. The molecule has 0 spiro atoms. The van der Waals surface area contributed by atoms with Crippen molar-refractivity contribution in [3.63, 3.8) is 0 Å². The summed E-state index contributed by atoms with van der Waals surface area (Å²) in [4.78, 5) is 2.70. The standard InChI is InChI=1S/C28H30INO/c29-19-21-8-7-9-22(18-21)20-31-28-25-14-16-30(17-15-25)27(28)26(23-10-3-1-4-11-23)24-12-5-2-6-13-24/h1-13,18,25-28H,14-17,19-20H2. The molecule has 3 heterocycles. The van der Waals surface area contributed by atoms with Crippen LogP contribution in [0.25, 0.3) is 0 Å². The van der Waals surface area contributed by atoms with Gasteiger partial charge in [-0.1, -0.05) is 108 Å². The Morgan fingerprint density at radius 1 is 0.806 bits per heavy atom. The lowest BCUT2D eigenvalue weighted by Crippen LogP contribution is -2.60. The summed E-state index contributed by atoms with van der Waals surface area (Å²) < 4.78 is 7.83. The molecule has 2 nitrogen and oxygen atoms in total. The van der Waals surface area contributed by atoms with E-state index in [-0.39, 0.29) is 6.10 Å². The Morgan fingerprint density at radius 3 is 2.03 bits per heavy atom. The molecule has 0 aromatic heterocycles. The topological polar surface area (TPSA) is 12.5 Å². The fraction of sp³-hybridized carbons (Fsp3) is 0.357. The Kier molecular flexibility index (Phi) is 6.72. The zero-order valence-corrected chi connectivity index (χ0v) is 20.0. The predicted octanol–water partition coefficient (Wildman–Crippen LogP) is 6.43. The second-order valence-electron chi connectivity index (χ2n) is 8.89. The predicted molar refractivity (Wildman–Crippen MR) is 136 cm³/mol. The maximum absolute atomic E-state index is 6.79. The van der Waals surface area contributed by atoms with Gasteiger partial charge >= 0.3 is 0 Å². The highest BCUT2D eigenvalue weighted by Crippen LogP contribution is 2.43. The number of alkyl halides is 1. The van der Waals surface area contributed by atoms with Crippen LogP contribution < -0.4 is 0 Å². The fourth-order valence-corrected chi connectivity index (χ4v) is 6.04. The van der Waals surface area contributed by atoms with E-state index in [1.54, 1.807) is 0 Å². The van der Waals surface area contributed by atoms with Gasteiger partial charge in [-0.3, -0.25) is 4.90 Å². The molecule has 3 aromatic carbocycles. The van der Waals surface area contributed by atoms with E-state index in [1.165, 1.54) is 48.2 Å². The van der Waals surface area contributed by atoms with E-state index < -0.39 is 0 Å². The zero-order chi connectivity index (χ0) is 21.0. The van der Waals surface area contributed by atoms with E-state index in [2.05, 4.69) is 112 Å². The van der Waals surface area contributed by atoms with Crippen LogP contribution in [-0.4, -0.2) is 30.1 Å². The van der Waals surface area contributed by atoms with Crippen molar-refractivity contribution in [2.45, 2.75) is 41.9 Å². The van der Waals surface area contributed by atoms with Gasteiger partial charge in [-0.25, -0.2) is 0 Å². The zero-order valence-electron chi connectivity index (χ0n) is 17.9. The molecule has 0 radical (unpaired) electrons. The average Bonchev–Trinajstić information content (AvgIpc) is 2.85. The Balaban J connectivity index is 1.47. The highest BCUT2D eigenvalue weighted by molar-refractivity contribution is 14.1. The first-order valence-corrected chi connectivity index (χ1v) is 13.0. The molecule has 31 heavy (non-hydrogen) atoms. The van der Waals surface area contributed by atoms with Gasteiger partial charge in [0.05, 0.1) is 12.7 Å². The van der Waals surface area contributed by atoms with Crippen LogP contribution >= 0.6 is 22.6 Å². The molecular formula is C28H30INO. The average molecular weight is 523 g/mol.